The van der Waals surface area contributed by atoms with Gasteiger partial charge in [-0.05, 0) is 29.6 Å². The molecule has 1 heterocycles. The Morgan fingerprint density at radius 1 is 1.33 bits per heavy atom. The standard InChI is InChI=1S/C13H16N2O2S/c14-10-3-4-13(17-6-5-16)12(8-10)15-9-11-2-1-7-18-11/h1-4,7-8,15-16H,5-6,9,14H2. The smallest absolute Gasteiger partial charge is 0.142 e. The van der Waals surface area contributed by atoms with E-state index in [1.54, 1.807) is 17.4 Å². The zero-order valence-corrected chi connectivity index (χ0v) is 10.7. The first kappa shape index (κ1) is 12.7. The van der Waals surface area contributed by atoms with Crippen LogP contribution in [0.2, 0.25) is 0 Å². The molecule has 2 aromatic rings. The first-order valence-electron chi connectivity index (χ1n) is 5.69. The molecule has 96 valence electrons. The van der Waals surface area contributed by atoms with E-state index in [4.69, 9.17) is 15.6 Å². The van der Waals surface area contributed by atoms with Crippen molar-refractivity contribution in [2.45, 2.75) is 6.54 Å². The number of rotatable bonds is 6. The van der Waals surface area contributed by atoms with Gasteiger partial charge in [0.05, 0.1) is 12.3 Å². The molecular weight excluding hydrogens is 248 g/mol. The molecule has 0 bridgehead atoms. The summed E-state index contributed by atoms with van der Waals surface area (Å²) in [6, 6.07) is 9.51. The number of aliphatic hydroxyl groups is 1. The SMILES string of the molecule is Nc1ccc(OCCO)c(NCc2cccs2)c1. The molecule has 4 nitrogen and oxygen atoms in total. The molecule has 1 aromatic heterocycles. The number of benzene rings is 1. The highest BCUT2D eigenvalue weighted by Gasteiger charge is 2.04. The quantitative estimate of drug-likeness (QED) is 0.700. The Morgan fingerprint density at radius 3 is 2.94 bits per heavy atom. The zero-order chi connectivity index (χ0) is 12.8. The Bertz CT molecular complexity index is 486. The molecule has 0 saturated heterocycles. The minimum Gasteiger partial charge on any atom is -0.489 e. The van der Waals surface area contributed by atoms with E-state index in [1.165, 1.54) is 4.88 Å². The van der Waals surface area contributed by atoms with Gasteiger partial charge in [-0.15, -0.1) is 11.3 Å². The van der Waals surface area contributed by atoms with Crippen molar-refractivity contribution < 1.29 is 9.84 Å². The van der Waals surface area contributed by atoms with E-state index in [0.717, 1.165) is 12.2 Å². The average molecular weight is 264 g/mol. The second-order valence-corrected chi connectivity index (χ2v) is 4.79. The van der Waals surface area contributed by atoms with Crippen LogP contribution in [0.15, 0.2) is 35.7 Å². The van der Waals surface area contributed by atoms with Crippen molar-refractivity contribution in [3.63, 3.8) is 0 Å². The molecule has 0 saturated carbocycles. The van der Waals surface area contributed by atoms with Crippen molar-refractivity contribution in [1.29, 1.82) is 0 Å². The Labute approximate surface area is 110 Å². The van der Waals surface area contributed by atoms with E-state index >= 15 is 0 Å². The van der Waals surface area contributed by atoms with Crippen molar-refractivity contribution in [2.24, 2.45) is 0 Å². The fourth-order valence-corrected chi connectivity index (χ4v) is 2.21. The zero-order valence-electron chi connectivity index (χ0n) is 9.93. The minimum atomic E-state index is -0.00522. The fraction of sp³-hybridized carbons (Fsp3) is 0.231. The van der Waals surface area contributed by atoms with E-state index in [0.29, 0.717) is 11.4 Å². The van der Waals surface area contributed by atoms with Gasteiger partial charge < -0.3 is 20.9 Å². The van der Waals surface area contributed by atoms with E-state index < -0.39 is 0 Å². The highest BCUT2D eigenvalue weighted by atomic mass is 32.1. The van der Waals surface area contributed by atoms with E-state index in [-0.39, 0.29) is 13.2 Å². The number of hydrogen-bond donors (Lipinski definition) is 3. The second-order valence-electron chi connectivity index (χ2n) is 3.76. The summed E-state index contributed by atoms with van der Waals surface area (Å²) in [4.78, 5) is 1.24. The Hall–Kier alpha value is -1.72. The van der Waals surface area contributed by atoms with Crippen LogP contribution in [0.3, 0.4) is 0 Å². The lowest BCUT2D eigenvalue weighted by molar-refractivity contribution is 0.202. The number of anilines is 2. The molecule has 0 aliphatic heterocycles. The summed E-state index contributed by atoms with van der Waals surface area (Å²) < 4.78 is 5.45. The number of thiophene rings is 1. The third-order valence-corrected chi connectivity index (χ3v) is 3.26. The predicted octanol–water partition coefficient (Wildman–Crippen LogP) is 2.31. The summed E-state index contributed by atoms with van der Waals surface area (Å²) in [6.07, 6.45) is 0. The normalized spacial score (nSPS) is 10.3. The van der Waals surface area contributed by atoms with Crippen LogP contribution >= 0.6 is 11.3 Å². The molecule has 18 heavy (non-hydrogen) atoms. The summed E-state index contributed by atoms with van der Waals surface area (Å²) in [5, 5.41) is 14.1. The molecule has 0 atom stereocenters. The molecule has 5 heteroatoms. The average Bonchev–Trinajstić information content (AvgIpc) is 2.88. The molecule has 0 unspecified atom stereocenters. The monoisotopic (exact) mass is 264 g/mol. The molecule has 0 spiro atoms. The molecular formula is C13H16N2O2S. The maximum absolute atomic E-state index is 8.78. The summed E-state index contributed by atoms with van der Waals surface area (Å²) in [5.74, 6) is 0.704. The van der Waals surface area contributed by atoms with E-state index in [9.17, 15) is 0 Å². The molecule has 0 amide bonds. The maximum atomic E-state index is 8.78. The molecule has 0 aliphatic rings. The van der Waals surface area contributed by atoms with Gasteiger partial charge in [0.25, 0.3) is 0 Å². The first-order valence-corrected chi connectivity index (χ1v) is 6.57. The van der Waals surface area contributed by atoms with Crippen LogP contribution in [0.1, 0.15) is 4.88 Å². The van der Waals surface area contributed by atoms with Gasteiger partial charge in [-0.1, -0.05) is 6.07 Å². The number of hydrogen-bond acceptors (Lipinski definition) is 5. The van der Waals surface area contributed by atoms with Gasteiger partial charge in [-0.3, -0.25) is 0 Å². The van der Waals surface area contributed by atoms with Crippen molar-refractivity contribution in [1.82, 2.24) is 0 Å². The Kier molecular flexibility index (Phi) is 4.44. The third kappa shape index (κ3) is 3.38. The second kappa shape index (κ2) is 6.28. The molecule has 2 rings (SSSR count). The maximum Gasteiger partial charge on any atom is 0.142 e. The Balaban J connectivity index is 2.06. The molecule has 1 aromatic carbocycles. The first-order chi connectivity index (χ1) is 8.79. The van der Waals surface area contributed by atoms with Crippen LogP contribution in [0.25, 0.3) is 0 Å². The van der Waals surface area contributed by atoms with Gasteiger partial charge in [-0.25, -0.2) is 0 Å². The van der Waals surface area contributed by atoms with Gasteiger partial charge in [0, 0.05) is 17.1 Å². The largest absolute Gasteiger partial charge is 0.489 e. The van der Waals surface area contributed by atoms with Crippen molar-refractivity contribution in [2.75, 3.05) is 24.3 Å². The van der Waals surface area contributed by atoms with Gasteiger partial charge in [0.1, 0.15) is 12.4 Å². The van der Waals surface area contributed by atoms with Crippen LogP contribution in [-0.4, -0.2) is 18.3 Å². The fourth-order valence-electron chi connectivity index (χ4n) is 1.56. The van der Waals surface area contributed by atoms with Crippen molar-refractivity contribution in [3.05, 3.63) is 40.6 Å². The number of aliphatic hydroxyl groups excluding tert-OH is 1. The van der Waals surface area contributed by atoms with Crippen LogP contribution in [0.5, 0.6) is 5.75 Å². The number of nitrogens with one attached hydrogen (secondary N) is 1. The van der Waals surface area contributed by atoms with Crippen LogP contribution < -0.4 is 15.8 Å². The van der Waals surface area contributed by atoms with Gasteiger partial charge in [0.2, 0.25) is 0 Å². The lowest BCUT2D eigenvalue weighted by Gasteiger charge is -2.13. The Morgan fingerprint density at radius 2 is 2.22 bits per heavy atom. The summed E-state index contributed by atoms with van der Waals surface area (Å²) in [5.41, 5.74) is 7.29. The summed E-state index contributed by atoms with van der Waals surface area (Å²) >= 11 is 1.70. The van der Waals surface area contributed by atoms with E-state index in [1.807, 2.05) is 23.6 Å². The van der Waals surface area contributed by atoms with Gasteiger partial charge in [-0.2, -0.15) is 0 Å². The topological polar surface area (TPSA) is 67.5 Å². The van der Waals surface area contributed by atoms with Crippen molar-refractivity contribution >= 4 is 22.7 Å². The lowest BCUT2D eigenvalue weighted by atomic mass is 10.2. The highest BCUT2D eigenvalue weighted by Crippen LogP contribution is 2.27. The van der Waals surface area contributed by atoms with Crippen molar-refractivity contribution in [3.8, 4) is 5.75 Å². The molecule has 0 aliphatic carbocycles. The third-order valence-electron chi connectivity index (χ3n) is 2.39. The van der Waals surface area contributed by atoms with Crippen LogP contribution in [-0.2, 0) is 6.54 Å². The van der Waals surface area contributed by atoms with Crippen LogP contribution in [0.4, 0.5) is 11.4 Å². The van der Waals surface area contributed by atoms with E-state index in [2.05, 4.69) is 11.4 Å². The minimum absolute atomic E-state index is 0.00522. The number of ether oxygens (including phenoxy) is 1. The van der Waals surface area contributed by atoms with Gasteiger partial charge in [0.15, 0.2) is 0 Å². The number of nitrogens with two attached hydrogens (primary N) is 1. The summed E-state index contributed by atoms with van der Waals surface area (Å²) in [6.45, 7) is 1.00. The molecule has 0 radical (unpaired) electrons. The summed E-state index contributed by atoms with van der Waals surface area (Å²) in [7, 11) is 0. The highest BCUT2D eigenvalue weighted by molar-refractivity contribution is 7.09. The lowest BCUT2D eigenvalue weighted by Crippen LogP contribution is -2.06. The molecule has 0 fully saturated rings. The molecule has 4 N–H and O–H groups in total. The van der Waals surface area contributed by atoms with Crippen LogP contribution in [0, 0.1) is 0 Å². The predicted molar refractivity (Wildman–Crippen MR) is 75.1 cm³/mol. The van der Waals surface area contributed by atoms with Gasteiger partial charge >= 0.3 is 0 Å². The number of nitrogen functional groups attached to an aromatic ring is 1.